The zero-order valence-corrected chi connectivity index (χ0v) is 13.6. The van der Waals surface area contributed by atoms with Crippen LogP contribution >= 0.6 is 11.3 Å². The first kappa shape index (κ1) is 14.7. The predicted molar refractivity (Wildman–Crippen MR) is 86.5 cm³/mol. The Morgan fingerprint density at radius 1 is 1.41 bits per heavy atom. The van der Waals surface area contributed by atoms with Gasteiger partial charge in [0.25, 0.3) is 5.56 Å². The lowest BCUT2D eigenvalue weighted by molar-refractivity contribution is 0.839. The summed E-state index contributed by atoms with van der Waals surface area (Å²) in [5.41, 5.74) is 3.81. The van der Waals surface area contributed by atoms with E-state index in [4.69, 9.17) is 0 Å². The topological polar surface area (TPSA) is 88.0 Å². The molecule has 0 spiro atoms. The number of hydrogen-bond donors (Lipinski definition) is 2. The van der Waals surface area contributed by atoms with E-state index in [-0.39, 0.29) is 5.56 Å². The number of aromatic amines is 1. The normalized spacial score (nSPS) is 11.2. The van der Waals surface area contributed by atoms with E-state index in [0.717, 1.165) is 35.5 Å². The molecule has 0 aliphatic rings. The lowest BCUT2D eigenvalue weighted by Crippen LogP contribution is -2.15. The van der Waals surface area contributed by atoms with Gasteiger partial charge in [-0.25, -0.2) is 4.98 Å². The summed E-state index contributed by atoms with van der Waals surface area (Å²) in [7, 11) is 0. The van der Waals surface area contributed by atoms with E-state index in [2.05, 4.69) is 32.5 Å². The summed E-state index contributed by atoms with van der Waals surface area (Å²) in [6, 6.07) is 1.56. The molecule has 3 aromatic heterocycles. The van der Waals surface area contributed by atoms with Crippen molar-refractivity contribution in [1.29, 1.82) is 0 Å². The number of fused-ring (bicyclic) bond motifs is 1. The summed E-state index contributed by atoms with van der Waals surface area (Å²) >= 11 is 1.38. The van der Waals surface area contributed by atoms with Crippen molar-refractivity contribution in [2.45, 2.75) is 40.2 Å². The maximum Gasteiger partial charge on any atom is 0.275 e. The lowest BCUT2D eigenvalue weighted by Gasteiger charge is -2.01. The fourth-order valence-electron chi connectivity index (χ4n) is 2.31. The van der Waals surface area contributed by atoms with Gasteiger partial charge in [-0.2, -0.15) is 9.61 Å². The SMILES string of the molecule is CCCc1cc(=O)n2nc(NCc3c(C)n[nH]c3C)sc2n1. The highest BCUT2D eigenvalue weighted by Gasteiger charge is 2.10. The van der Waals surface area contributed by atoms with E-state index >= 15 is 0 Å². The third-order valence-electron chi connectivity index (χ3n) is 3.50. The molecule has 0 fully saturated rings. The third kappa shape index (κ3) is 2.74. The highest BCUT2D eigenvalue weighted by atomic mass is 32.1. The monoisotopic (exact) mass is 318 g/mol. The van der Waals surface area contributed by atoms with E-state index in [0.29, 0.717) is 16.6 Å². The van der Waals surface area contributed by atoms with Gasteiger partial charge in [0.05, 0.1) is 5.69 Å². The Balaban J connectivity index is 1.86. The van der Waals surface area contributed by atoms with Crippen molar-refractivity contribution in [3.63, 3.8) is 0 Å². The molecule has 0 atom stereocenters. The van der Waals surface area contributed by atoms with Crippen LogP contribution in [-0.2, 0) is 13.0 Å². The Bertz CT molecular complexity index is 842. The summed E-state index contributed by atoms with van der Waals surface area (Å²) < 4.78 is 1.35. The van der Waals surface area contributed by atoms with Crippen molar-refractivity contribution in [2.75, 3.05) is 5.32 Å². The molecule has 0 aliphatic heterocycles. The fraction of sp³-hybridized carbons (Fsp3) is 0.429. The first-order valence-corrected chi connectivity index (χ1v) is 8.04. The Labute approximate surface area is 131 Å². The number of anilines is 1. The van der Waals surface area contributed by atoms with Gasteiger partial charge in [-0.3, -0.25) is 9.89 Å². The van der Waals surface area contributed by atoms with Gasteiger partial charge < -0.3 is 5.32 Å². The van der Waals surface area contributed by atoms with Gasteiger partial charge in [0.2, 0.25) is 10.1 Å². The summed E-state index contributed by atoms with van der Waals surface area (Å²) in [5.74, 6) is 0. The molecule has 8 heteroatoms. The van der Waals surface area contributed by atoms with Crippen LogP contribution in [0.15, 0.2) is 10.9 Å². The maximum atomic E-state index is 12.1. The second-order valence-electron chi connectivity index (χ2n) is 5.20. The van der Waals surface area contributed by atoms with Crippen LogP contribution < -0.4 is 10.9 Å². The average molecular weight is 318 g/mol. The number of aryl methyl sites for hydroxylation is 3. The molecule has 0 unspecified atom stereocenters. The maximum absolute atomic E-state index is 12.1. The molecule has 2 N–H and O–H groups in total. The zero-order chi connectivity index (χ0) is 15.7. The predicted octanol–water partition coefficient (Wildman–Crippen LogP) is 2.06. The van der Waals surface area contributed by atoms with Gasteiger partial charge in [0.1, 0.15) is 0 Å². The van der Waals surface area contributed by atoms with Crippen molar-refractivity contribution in [2.24, 2.45) is 0 Å². The zero-order valence-electron chi connectivity index (χ0n) is 12.8. The van der Waals surface area contributed by atoms with Crippen molar-refractivity contribution in [1.82, 2.24) is 24.8 Å². The molecular formula is C14H18N6OS. The Morgan fingerprint density at radius 3 is 2.91 bits per heavy atom. The Kier molecular flexibility index (Phi) is 3.93. The first-order chi connectivity index (χ1) is 10.6. The molecule has 0 saturated carbocycles. The van der Waals surface area contributed by atoms with E-state index in [9.17, 15) is 4.79 Å². The number of hydrogen-bond acceptors (Lipinski definition) is 6. The van der Waals surface area contributed by atoms with Gasteiger partial charge in [-0.1, -0.05) is 24.7 Å². The van der Waals surface area contributed by atoms with Crippen molar-refractivity contribution >= 4 is 21.4 Å². The number of nitrogens with one attached hydrogen (secondary N) is 2. The molecule has 0 radical (unpaired) electrons. The summed E-state index contributed by atoms with van der Waals surface area (Å²) in [5, 5.41) is 15.3. The second-order valence-corrected chi connectivity index (χ2v) is 6.16. The van der Waals surface area contributed by atoms with Crippen LogP contribution in [0.2, 0.25) is 0 Å². The summed E-state index contributed by atoms with van der Waals surface area (Å²) in [6.07, 6.45) is 1.77. The molecule has 7 nitrogen and oxygen atoms in total. The van der Waals surface area contributed by atoms with E-state index < -0.39 is 0 Å². The molecule has 3 rings (SSSR count). The van der Waals surface area contributed by atoms with Crippen molar-refractivity contribution < 1.29 is 0 Å². The third-order valence-corrected chi connectivity index (χ3v) is 4.37. The second kappa shape index (κ2) is 5.88. The fourth-order valence-corrected chi connectivity index (χ4v) is 3.13. The lowest BCUT2D eigenvalue weighted by atomic mass is 10.2. The van der Waals surface area contributed by atoms with Crippen LogP contribution in [0.5, 0.6) is 0 Å². The highest BCUT2D eigenvalue weighted by molar-refractivity contribution is 7.20. The number of rotatable bonds is 5. The van der Waals surface area contributed by atoms with Gasteiger partial charge in [-0.15, -0.1) is 5.10 Å². The van der Waals surface area contributed by atoms with Crippen LogP contribution in [0.4, 0.5) is 5.13 Å². The van der Waals surface area contributed by atoms with Crippen LogP contribution in [-0.4, -0.2) is 24.8 Å². The molecule has 0 bridgehead atoms. The minimum Gasteiger partial charge on any atom is -0.356 e. The molecule has 0 aromatic carbocycles. The van der Waals surface area contributed by atoms with E-state index in [1.807, 2.05) is 13.8 Å². The highest BCUT2D eigenvalue weighted by Crippen LogP contribution is 2.19. The average Bonchev–Trinajstić information content (AvgIpc) is 3.02. The number of H-pyrrole nitrogens is 1. The van der Waals surface area contributed by atoms with E-state index in [1.54, 1.807) is 6.07 Å². The molecule has 0 amide bonds. The summed E-state index contributed by atoms with van der Waals surface area (Å²) in [6.45, 7) is 6.63. The largest absolute Gasteiger partial charge is 0.356 e. The number of aromatic nitrogens is 5. The molecule has 116 valence electrons. The Hall–Kier alpha value is -2.22. The minimum absolute atomic E-state index is 0.131. The number of nitrogens with zero attached hydrogens (tertiary/aromatic N) is 4. The van der Waals surface area contributed by atoms with Crippen LogP contribution in [0.3, 0.4) is 0 Å². The first-order valence-electron chi connectivity index (χ1n) is 7.22. The van der Waals surface area contributed by atoms with Crippen molar-refractivity contribution in [3.05, 3.63) is 39.1 Å². The molecular weight excluding hydrogens is 300 g/mol. The minimum atomic E-state index is -0.131. The van der Waals surface area contributed by atoms with Crippen LogP contribution in [0, 0.1) is 13.8 Å². The van der Waals surface area contributed by atoms with Crippen LogP contribution in [0.1, 0.15) is 36.0 Å². The quantitative estimate of drug-likeness (QED) is 0.752. The Morgan fingerprint density at radius 2 is 2.23 bits per heavy atom. The van der Waals surface area contributed by atoms with Gasteiger partial charge in [0, 0.05) is 29.6 Å². The van der Waals surface area contributed by atoms with Gasteiger partial charge in [-0.05, 0) is 20.3 Å². The molecule has 22 heavy (non-hydrogen) atoms. The summed E-state index contributed by atoms with van der Waals surface area (Å²) in [4.78, 5) is 17.2. The molecule has 3 heterocycles. The standard InChI is InChI=1S/C14H18N6OS/c1-4-5-10-6-12(21)20-14(16-10)22-13(19-20)15-7-11-8(2)17-18-9(11)3/h6H,4-5,7H2,1-3H3,(H,15,19)(H,17,18). The smallest absolute Gasteiger partial charge is 0.275 e. The van der Waals surface area contributed by atoms with Gasteiger partial charge >= 0.3 is 0 Å². The van der Waals surface area contributed by atoms with Crippen LogP contribution in [0.25, 0.3) is 4.96 Å². The molecule has 3 aromatic rings. The molecule has 0 aliphatic carbocycles. The van der Waals surface area contributed by atoms with Crippen molar-refractivity contribution in [3.8, 4) is 0 Å². The molecule has 0 saturated heterocycles. The van der Waals surface area contributed by atoms with E-state index in [1.165, 1.54) is 15.9 Å². The van der Waals surface area contributed by atoms with Gasteiger partial charge in [0.15, 0.2) is 0 Å².